The van der Waals surface area contributed by atoms with Crippen LogP contribution in [0.5, 0.6) is 11.5 Å². The van der Waals surface area contributed by atoms with Crippen LogP contribution >= 0.6 is 22.9 Å². The minimum atomic E-state index is -1.36. The summed E-state index contributed by atoms with van der Waals surface area (Å²) in [6, 6.07) is 6.02. The van der Waals surface area contributed by atoms with Crippen LogP contribution in [0.2, 0.25) is 5.02 Å². The van der Waals surface area contributed by atoms with Gasteiger partial charge in [0.2, 0.25) is 0 Å². The SMILES string of the molecule is COc1ccc(Cl)c(F)c1COc1ccc(F)c(-n2c(=O)[nH]c3csc(C(=O)O)c3c2=O)c1. The van der Waals surface area contributed by atoms with Crippen LogP contribution in [0.15, 0.2) is 45.3 Å². The van der Waals surface area contributed by atoms with E-state index in [0.717, 1.165) is 23.5 Å². The molecule has 0 aliphatic carbocycles. The predicted molar refractivity (Wildman–Crippen MR) is 117 cm³/mol. The standard InChI is InChI=1S/C21H13ClF2N2O6S/c1-31-15-5-3-11(22)17(24)10(15)7-32-9-2-4-12(23)14(6-9)26-19(27)16-13(25-21(26)30)8-33-18(16)20(28)29/h2-6,8H,7H2,1H3,(H,25,30)(H,28,29). The van der Waals surface area contributed by atoms with Crippen molar-refractivity contribution in [2.24, 2.45) is 0 Å². The molecule has 2 aromatic carbocycles. The third-order valence-corrected chi connectivity index (χ3v) is 6.02. The van der Waals surface area contributed by atoms with E-state index in [-0.39, 0.29) is 44.5 Å². The first-order chi connectivity index (χ1) is 15.7. The molecule has 0 spiro atoms. The minimum absolute atomic E-state index is 0.00278. The molecule has 4 aromatic rings. The number of hydrogen-bond donors (Lipinski definition) is 2. The normalized spacial score (nSPS) is 11.0. The van der Waals surface area contributed by atoms with Crippen LogP contribution in [0.1, 0.15) is 15.2 Å². The highest BCUT2D eigenvalue weighted by molar-refractivity contribution is 7.13. The molecule has 12 heteroatoms. The molecule has 8 nitrogen and oxygen atoms in total. The van der Waals surface area contributed by atoms with E-state index < -0.39 is 34.5 Å². The van der Waals surface area contributed by atoms with Crippen LogP contribution in [0, 0.1) is 11.6 Å². The quantitative estimate of drug-likeness (QED) is 0.420. The number of nitrogens with one attached hydrogen (secondary N) is 1. The van der Waals surface area contributed by atoms with E-state index in [1.165, 1.54) is 30.7 Å². The number of aromatic carboxylic acids is 1. The van der Waals surface area contributed by atoms with Crippen molar-refractivity contribution < 1.29 is 28.2 Å². The number of carbonyl (C=O) groups is 1. The maximum atomic E-state index is 14.6. The Morgan fingerprint density at radius 1 is 1.24 bits per heavy atom. The zero-order valence-corrected chi connectivity index (χ0v) is 18.2. The number of nitrogens with zero attached hydrogens (tertiary/aromatic N) is 1. The van der Waals surface area contributed by atoms with Crippen molar-refractivity contribution >= 4 is 39.8 Å². The lowest BCUT2D eigenvalue weighted by Gasteiger charge is -2.13. The second-order valence-corrected chi connectivity index (χ2v) is 7.96. The molecule has 0 aliphatic rings. The molecule has 0 radical (unpaired) electrons. The Morgan fingerprint density at radius 2 is 2.00 bits per heavy atom. The van der Waals surface area contributed by atoms with Crippen molar-refractivity contribution in [2.45, 2.75) is 6.61 Å². The molecule has 2 heterocycles. The van der Waals surface area contributed by atoms with Gasteiger partial charge >= 0.3 is 11.7 Å². The highest BCUT2D eigenvalue weighted by Crippen LogP contribution is 2.29. The van der Waals surface area contributed by atoms with Gasteiger partial charge in [-0.25, -0.2) is 22.9 Å². The second kappa shape index (κ2) is 8.68. The number of methoxy groups -OCH3 is 1. The molecule has 0 saturated carbocycles. The number of aromatic amines is 1. The topological polar surface area (TPSA) is 111 Å². The fourth-order valence-corrected chi connectivity index (χ4v) is 4.23. The molecule has 0 aliphatic heterocycles. The monoisotopic (exact) mass is 494 g/mol. The number of fused-ring (bicyclic) bond motifs is 1. The predicted octanol–water partition coefficient (Wildman–Crippen LogP) is 3.96. The Labute approximate surface area is 192 Å². The number of thiophene rings is 1. The van der Waals surface area contributed by atoms with Crippen LogP contribution in [-0.2, 0) is 6.61 Å². The van der Waals surface area contributed by atoms with E-state index in [0.29, 0.717) is 4.57 Å². The molecule has 4 rings (SSSR count). The van der Waals surface area contributed by atoms with Crippen molar-refractivity contribution in [3.63, 3.8) is 0 Å². The zero-order chi connectivity index (χ0) is 23.9. The molecule has 2 N–H and O–H groups in total. The van der Waals surface area contributed by atoms with Gasteiger partial charge in [-0.3, -0.25) is 4.79 Å². The highest BCUT2D eigenvalue weighted by atomic mass is 35.5. The van der Waals surface area contributed by atoms with E-state index >= 15 is 0 Å². The average Bonchev–Trinajstić information content (AvgIpc) is 3.21. The summed E-state index contributed by atoms with van der Waals surface area (Å²) in [7, 11) is 1.34. The van der Waals surface area contributed by atoms with Gasteiger partial charge < -0.3 is 19.6 Å². The summed E-state index contributed by atoms with van der Waals surface area (Å²) in [6.07, 6.45) is 0. The van der Waals surface area contributed by atoms with Gasteiger partial charge in [0.05, 0.1) is 34.3 Å². The van der Waals surface area contributed by atoms with E-state index in [2.05, 4.69) is 4.98 Å². The Bertz CT molecular complexity index is 1530. The summed E-state index contributed by atoms with van der Waals surface area (Å²) in [4.78, 5) is 39.0. The molecule has 0 atom stereocenters. The molecule has 0 amide bonds. The van der Waals surface area contributed by atoms with Crippen molar-refractivity contribution in [1.82, 2.24) is 9.55 Å². The molecule has 33 heavy (non-hydrogen) atoms. The summed E-state index contributed by atoms with van der Waals surface area (Å²) >= 11 is 6.56. The fraction of sp³-hybridized carbons (Fsp3) is 0.0952. The maximum Gasteiger partial charge on any atom is 0.346 e. The van der Waals surface area contributed by atoms with Gasteiger partial charge in [0, 0.05) is 11.4 Å². The first-order valence-corrected chi connectivity index (χ1v) is 10.4. The van der Waals surface area contributed by atoms with Crippen molar-refractivity contribution in [3.05, 3.63) is 83.6 Å². The van der Waals surface area contributed by atoms with Gasteiger partial charge in [0.25, 0.3) is 5.56 Å². The van der Waals surface area contributed by atoms with Crippen LogP contribution in [0.4, 0.5) is 8.78 Å². The molecule has 2 aromatic heterocycles. The Balaban J connectivity index is 1.78. The summed E-state index contributed by atoms with van der Waals surface area (Å²) in [5, 5.41) is 10.2. The number of halogens is 3. The number of H-pyrrole nitrogens is 1. The van der Waals surface area contributed by atoms with Gasteiger partial charge in [0.1, 0.15) is 28.8 Å². The van der Waals surface area contributed by atoms with Crippen molar-refractivity contribution in [1.29, 1.82) is 0 Å². The average molecular weight is 495 g/mol. The first-order valence-electron chi connectivity index (χ1n) is 9.16. The smallest absolute Gasteiger partial charge is 0.346 e. The minimum Gasteiger partial charge on any atom is -0.496 e. The molecule has 0 unspecified atom stereocenters. The number of rotatable bonds is 6. The van der Waals surface area contributed by atoms with Crippen molar-refractivity contribution in [3.8, 4) is 17.2 Å². The van der Waals surface area contributed by atoms with Crippen molar-refractivity contribution in [2.75, 3.05) is 7.11 Å². The molecule has 0 fully saturated rings. The summed E-state index contributed by atoms with van der Waals surface area (Å²) < 4.78 is 40.1. The summed E-state index contributed by atoms with van der Waals surface area (Å²) in [5.74, 6) is -2.87. The molecule has 170 valence electrons. The third kappa shape index (κ3) is 3.96. The lowest BCUT2D eigenvalue weighted by atomic mass is 10.2. The molecule has 0 bridgehead atoms. The van der Waals surface area contributed by atoms with E-state index in [9.17, 15) is 28.3 Å². The Hall–Kier alpha value is -3.70. The first kappa shape index (κ1) is 22.5. The third-order valence-electron chi connectivity index (χ3n) is 4.76. The Kier molecular flexibility index (Phi) is 5.91. The Morgan fingerprint density at radius 3 is 2.70 bits per heavy atom. The lowest BCUT2D eigenvalue weighted by Crippen LogP contribution is -2.34. The maximum absolute atomic E-state index is 14.6. The van der Waals surface area contributed by atoms with Gasteiger partial charge in [-0.15, -0.1) is 11.3 Å². The lowest BCUT2D eigenvalue weighted by molar-refractivity contribution is 0.0704. The number of aromatic nitrogens is 2. The molecular weight excluding hydrogens is 482 g/mol. The van der Waals surface area contributed by atoms with Gasteiger partial charge in [-0.1, -0.05) is 11.6 Å². The largest absolute Gasteiger partial charge is 0.496 e. The number of benzene rings is 2. The number of ether oxygens (including phenoxy) is 2. The summed E-state index contributed by atoms with van der Waals surface area (Å²) in [5.41, 5.74) is -2.41. The number of carboxylic acid groups (broad SMARTS) is 1. The van der Waals surface area contributed by atoms with Crippen LogP contribution in [0.25, 0.3) is 16.6 Å². The van der Waals surface area contributed by atoms with Gasteiger partial charge in [0.15, 0.2) is 5.82 Å². The van der Waals surface area contributed by atoms with Crippen LogP contribution < -0.4 is 20.7 Å². The van der Waals surface area contributed by atoms with Gasteiger partial charge in [-0.2, -0.15) is 0 Å². The van der Waals surface area contributed by atoms with Crippen LogP contribution in [-0.4, -0.2) is 27.7 Å². The summed E-state index contributed by atoms with van der Waals surface area (Å²) in [6.45, 7) is -0.349. The van der Waals surface area contributed by atoms with E-state index in [1.54, 1.807) is 0 Å². The zero-order valence-electron chi connectivity index (χ0n) is 16.6. The molecular formula is C21H13ClF2N2O6S. The molecule has 0 saturated heterocycles. The number of hydrogen-bond acceptors (Lipinski definition) is 6. The van der Waals surface area contributed by atoms with E-state index in [4.69, 9.17) is 21.1 Å². The number of carboxylic acids is 1. The highest BCUT2D eigenvalue weighted by Gasteiger charge is 2.21. The fourth-order valence-electron chi connectivity index (χ4n) is 3.22. The van der Waals surface area contributed by atoms with Crippen LogP contribution in [0.3, 0.4) is 0 Å². The van der Waals surface area contributed by atoms with E-state index in [1.807, 2.05) is 0 Å². The second-order valence-electron chi connectivity index (χ2n) is 6.67. The van der Waals surface area contributed by atoms with Gasteiger partial charge in [-0.05, 0) is 24.3 Å².